The quantitative estimate of drug-likeness (QED) is 0.270. The molecule has 1 aliphatic heterocycles. The molecule has 1 saturated heterocycles. The zero-order valence-electron chi connectivity index (χ0n) is 16.9. The number of nitrogens with zero attached hydrogens (tertiary/aromatic N) is 1. The van der Waals surface area contributed by atoms with Crippen LogP contribution in [0, 0.1) is 17.8 Å². The summed E-state index contributed by atoms with van der Waals surface area (Å²) >= 11 is 0. The van der Waals surface area contributed by atoms with E-state index in [4.69, 9.17) is 23.7 Å². The molecule has 1 heterocycles. The Kier molecular flexibility index (Phi) is 5.91. The Hall–Kier alpha value is -2.85. The number of carbonyl (C=O) groups is 4. The molecule has 11 heteroatoms. The van der Waals surface area contributed by atoms with E-state index in [9.17, 15) is 23.6 Å². The van der Waals surface area contributed by atoms with Gasteiger partial charge in [-0.2, -0.15) is 0 Å². The van der Waals surface area contributed by atoms with Gasteiger partial charge in [0.05, 0.1) is 12.0 Å². The fraction of sp³-hybridized carbons (Fsp3) is 0.684. The van der Waals surface area contributed by atoms with E-state index < -0.39 is 72.8 Å². The molecule has 0 radical (unpaired) electrons. The lowest BCUT2D eigenvalue weighted by atomic mass is 9.88. The SMILES string of the molecule is C=CCOC(=O)N1COC(=O)C12C(F)CC1C(C(=O)OC(C)OC(=O)OC(C)C)C12. The molecule has 0 aromatic carbocycles. The van der Waals surface area contributed by atoms with Crippen molar-refractivity contribution in [3.8, 4) is 0 Å². The number of hydrogen-bond donors (Lipinski definition) is 0. The number of rotatable bonds is 6. The molecule has 166 valence electrons. The van der Waals surface area contributed by atoms with Crippen LogP contribution in [0.3, 0.4) is 0 Å². The van der Waals surface area contributed by atoms with Crippen LogP contribution in [0.5, 0.6) is 0 Å². The number of hydrogen-bond acceptors (Lipinski definition) is 9. The standard InChI is InChI=1S/C19H24FNO9/c1-5-6-26-17(24)21-8-27-16(23)19(21)12(20)7-11-13(14(11)19)15(22)29-10(4)30-18(25)28-9(2)3/h5,9-14H,1,6-8H2,2-4H3. The number of halogens is 1. The van der Waals surface area contributed by atoms with Crippen LogP contribution in [-0.2, 0) is 33.3 Å². The number of amides is 1. The van der Waals surface area contributed by atoms with Crippen molar-refractivity contribution in [3.63, 3.8) is 0 Å². The van der Waals surface area contributed by atoms with Gasteiger partial charge in [0, 0.05) is 12.8 Å². The Balaban J connectivity index is 1.69. The molecular formula is C19H24FNO9. The number of fused-ring (bicyclic) bond motifs is 2. The van der Waals surface area contributed by atoms with Gasteiger partial charge in [-0.3, -0.25) is 9.69 Å². The Labute approximate surface area is 172 Å². The number of carbonyl (C=O) groups excluding carboxylic acids is 4. The summed E-state index contributed by atoms with van der Waals surface area (Å²) in [5.41, 5.74) is -1.94. The van der Waals surface area contributed by atoms with Gasteiger partial charge in [-0.1, -0.05) is 12.7 Å². The molecule has 3 aliphatic rings. The van der Waals surface area contributed by atoms with Crippen molar-refractivity contribution in [2.24, 2.45) is 17.8 Å². The first-order valence-corrected chi connectivity index (χ1v) is 9.58. The first-order valence-electron chi connectivity index (χ1n) is 9.58. The molecular weight excluding hydrogens is 405 g/mol. The molecule has 0 N–H and O–H groups in total. The highest BCUT2D eigenvalue weighted by Crippen LogP contribution is 2.66. The normalized spacial score (nSPS) is 32.3. The second-order valence-electron chi connectivity index (χ2n) is 7.64. The van der Waals surface area contributed by atoms with Crippen molar-refractivity contribution in [1.82, 2.24) is 4.90 Å². The largest absolute Gasteiger partial charge is 0.511 e. The predicted octanol–water partition coefficient (Wildman–Crippen LogP) is 1.92. The molecule has 1 spiro atoms. The summed E-state index contributed by atoms with van der Waals surface area (Å²) in [4.78, 5) is 49.8. The fourth-order valence-corrected chi connectivity index (χ4v) is 4.32. The highest BCUT2D eigenvalue weighted by Gasteiger charge is 2.81. The first kappa shape index (κ1) is 21.8. The minimum absolute atomic E-state index is 0.116. The van der Waals surface area contributed by atoms with E-state index in [1.54, 1.807) is 13.8 Å². The third-order valence-corrected chi connectivity index (χ3v) is 5.43. The zero-order chi connectivity index (χ0) is 22.2. The number of esters is 2. The van der Waals surface area contributed by atoms with Crippen LogP contribution >= 0.6 is 0 Å². The Morgan fingerprint density at radius 1 is 1.30 bits per heavy atom. The lowest BCUT2D eigenvalue weighted by molar-refractivity contribution is -0.172. The number of alkyl halides is 1. The maximum Gasteiger partial charge on any atom is 0.511 e. The molecule has 2 saturated carbocycles. The van der Waals surface area contributed by atoms with E-state index in [2.05, 4.69) is 6.58 Å². The minimum atomic E-state index is -1.94. The second-order valence-corrected chi connectivity index (χ2v) is 7.64. The zero-order valence-corrected chi connectivity index (χ0v) is 16.9. The molecule has 30 heavy (non-hydrogen) atoms. The van der Waals surface area contributed by atoms with Gasteiger partial charge in [-0.05, 0) is 26.2 Å². The molecule has 10 nitrogen and oxygen atoms in total. The highest BCUT2D eigenvalue weighted by molar-refractivity contribution is 5.93. The summed E-state index contributed by atoms with van der Waals surface area (Å²) in [6, 6.07) is 0. The van der Waals surface area contributed by atoms with Gasteiger partial charge in [0.15, 0.2) is 12.3 Å². The lowest BCUT2D eigenvalue weighted by Gasteiger charge is -2.33. The number of ether oxygens (including phenoxy) is 5. The highest BCUT2D eigenvalue weighted by atomic mass is 19.1. The molecule has 6 unspecified atom stereocenters. The van der Waals surface area contributed by atoms with Gasteiger partial charge in [0.2, 0.25) is 6.29 Å². The Morgan fingerprint density at radius 3 is 2.63 bits per heavy atom. The topological polar surface area (TPSA) is 118 Å². The average Bonchev–Trinajstić information content (AvgIpc) is 3.13. The Morgan fingerprint density at radius 2 is 2.00 bits per heavy atom. The lowest BCUT2D eigenvalue weighted by Crippen LogP contribution is -2.58. The summed E-state index contributed by atoms with van der Waals surface area (Å²) in [5.74, 6) is -3.85. The third-order valence-electron chi connectivity index (χ3n) is 5.43. The van der Waals surface area contributed by atoms with E-state index in [0.717, 1.165) is 4.90 Å². The van der Waals surface area contributed by atoms with Crippen LogP contribution < -0.4 is 0 Å². The smallest absolute Gasteiger partial charge is 0.445 e. The van der Waals surface area contributed by atoms with Crippen LogP contribution in [0.15, 0.2) is 12.7 Å². The van der Waals surface area contributed by atoms with Crippen molar-refractivity contribution in [2.45, 2.75) is 51.3 Å². The van der Waals surface area contributed by atoms with Gasteiger partial charge in [-0.15, -0.1) is 0 Å². The van der Waals surface area contributed by atoms with Gasteiger partial charge in [-0.25, -0.2) is 18.8 Å². The average molecular weight is 429 g/mol. The van der Waals surface area contributed by atoms with Crippen LogP contribution in [-0.4, -0.2) is 66.5 Å². The van der Waals surface area contributed by atoms with Crippen molar-refractivity contribution < 1.29 is 47.3 Å². The van der Waals surface area contributed by atoms with E-state index >= 15 is 0 Å². The molecule has 0 bridgehead atoms. The van der Waals surface area contributed by atoms with Crippen LogP contribution in [0.4, 0.5) is 14.0 Å². The predicted molar refractivity (Wildman–Crippen MR) is 95.3 cm³/mol. The summed E-state index contributed by atoms with van der Waals surface area (Å²) in [7, 11) is 0. The van der Waals surface area contributed by atoms with Gasteiger partial charge >= 0.3 is 24.2 Å². The van der Waals surface area contributed by atoms with E-state index in [-0.39, 0.29) is 13.0 Å². The maximum atomic E-state index is 14.9. The molecule has 1 amide bonds. The van der Waals surface area contributed by atoms with Crippen LogP contribution in [0.2, 0.25) is 0 Å². The summed E-state index contributed by atoms with van der Waals surface area (Å²) in [6.45, 7) is 7.41. The molecule has 0 aromatic heterocycles. The monoisotopic (exact) mass is 429 g/mol. The first-order chi connectivity index (χ1) is 14.1. The van der Waals surface area contributed by atoms with Crippen molar-refractivity contribution in [1.29, 1.82) is 0 Å². The molecule has 3 rings (SSSR count). The van der Waals surface area contributed by atoms with Crippen molar-refractivity contribution in [3.05, 3.63) is 12.7 Å². The van der Waals surface area contributed by atoms with Gasteiger partial charge in [0.1, 0.15) is 12.8 Å². The van der Waals surface area contributed by atoms with E-state index in [1.807, 2.05) is 0 Å². The molecule has 2 aliphatic carbocycles. The third kappa shape index (κ3) is 3.56. The maximum absolute atomic E-state index is 14.9. The summed E-state index contributed by atoms with van der Waals surface area (Å²) < 4.78 is 39.6. The Bertz CT molecular complexity index is 756. The fourth-order valence-electron chi connectivity index (χ4n) is 4.32. The minimum Gasteiger partial charge on any atom is -0.445 e. The van der Waals surface area contributed by atoms with Crippen molar-refractivity contribution in [2.75, 3.05) is 13.3 Å². The van der Waals surface area contributed by atoms with Crippen LogP contribution in [0.1, 0.15) is 27.2 Å². The second kappa shape index (κ2) is 8.11. The summed E-state index contributed by atoms with van der Waals surface area (Å²) in [5, 5.41) is 0. The molecule has 3 fully saturated rings. The van der Waals surface area contributed by atoms with Gasteiger partial charge < -0.3 is 23.7 Å². The van der Waals surface area contributed by atoms with Crippen LogP contribution in [0.25, 0.3) is 0 Å². The van der Waals surface area contributed by atoms with Gasteiger partial charge in [0.25, 0.3) is 0 Å². The van der Waals surface area contributed by atoms with E-state index in [1.165, 1.54) is 13.0 Å². The molecule has 0 aromatic rings. The van der Waals surface area contributed by atoms with Crippen molar-refractivity contribution >= 4 is 24.2 Å². The molecule has 6 atom stereocenters. The van der Waals surface area contributed by atoms with E-state index in [0.29, 0.717) is 0 Å². The summed E-state index contributed by atoms with van der Waals surface area (Å²) in [6.07, 6.45) is -4.09. The number of cyclic esters (lactones) is 1.